The van der Waals surface area contributed by atoms with Crippen LogP contribution >= 0.6 is 0 Å². The summed E-state index contributed by atoms with van der Waals surface area (Å²) < 4.78 is 16.2. The van der Waals surface area contributed by atoms with Crippen LogP contribution in [0.25, 0.3) is 0 Å². The van der Waals surface area contributed by atoms with E-state index in [9.17, 15) is 0 Å². The van der Waals surface area contributed by atoms with E-state index in [1.807, 2.05) is 12.1 Å². The highest BCUT2D eigenvalue weighted by Gasteiger charge is 2.16. The molecule has 1 aliphatic rings. The van der Waals surface area contributed by atoms with E-state index < -0.39 is 0 Å². The molecular weight excluding hydrogens is 282 g/mol. The molecule has 1 aromatic carbocycles. The van der Waals surface area contributed by atoms with Crippen molar-refractivity contribution in [3.8, 4) is 17.2 Å². The van der Waals surface area contributed by atoms with E-state index in [0.29, 0.717) is 17.2 Å². The summed E-state index contributed by atoms with van der Waals surface area (Å²) >= 11 is 0. The molecule has 6 heteroatoms. The summed E-state index contributed by atoms with van der Waals surface area (Å²) in [4.78, 5) is 0. The molecule has 0 saturated carbocycles. The zero-order valence-electron chi connectivity index (χ0n) is 14.0. The van der Waals surface area contributed by atoms with E-state index >= 15 is 0 Å². The Kier molecular flexibility index (Phi) is 6.30. The molecule has 1 heterocycles. The van der Waals surface area contributed by atoms with Gasteiger partial charge in [0, 0.05) is 39.8 Å². The van der Waals surface area contributed by atoms with Crippen molar-refractivity contribution < 1.29 is 14.2 Å². The van der Waals surface area contributed by atoms with E-state index in [1.165, 1.54) is 5.56 Å². The molecule has 22 heavy (non-hydrogen) atoms. The molecular formula is C16H27N3O3. The second-order valence-corrected chi connectivity index (χ2v) is 5.37. The molecule has 0 spiro atoms. The Balaban J connectivity index is 2.02. The SMILES string of the molecule is COc1cc(CCN(C)N2CCNCC2)cc(OC)c1OC. The molecule has 0 aromatic heterocycles. The fourth-order valence-corrected chi connectivity index (χ4v) is 2.71. The van der Waals surface area contributed by atoms with Gasteiger partial charge in [-0.15, -0.1) is 0 Å². The van der Waals surface area contributed by atoms with Crippen LogP contribution in [0.15, 0.2) is 12.1 Å². The van der Waals surface area contributed by atoms with Crippen molar-refractivity contribution in [1.82, 2.24) is 15.3 Å². The largest absolute Gasteiger partial charge is 0.493 e. The van der Waals surface area contributed by atoms with Crippen molar-refractivity contribution in [2.45, 2.75) is 6.42 Å². The average Bonchev–Trinajstić information content (AvgIpc) is 2.59. The highest BCUT2D eigenvalue weighted by Crippen LogP contribution is 2.38. The van der Waals surface area contributed by atoms with Crippen LogP contribution in [0, 0.1) is 0 Å². The first-order chi connectivity index (χ1) is 10.7. The quantitative estimate of drug-likeness (QED) is 0.811. The molecule has 0 bridgehead atoms. The van der Waals surface area contributed by atoms with Gasteiger partial charge in [-0.3, -0.25) is 0 Å². The molecule has 0 atom stereocenters. The fraction of sp³-hybridized carbons (Fsp3) is 0.625. The first-order valence-electron chi connectivity index (χ1n) is 7.65. The number of ether oxygens (including phenoxy) is 3. The van der Waals surface area contributed by atoms with Gasteiger partial charge >= 0.3 is 0 Å². The zero-order valence-corrected chi connectivity index (χ0v) is 14.0. The predicted molar refractivity (Wildman–Crippen MR) is 86.9 cm³/mol. The maximum absolute atomic E-state index is 5.41. The standard InChI is InChI=1S/C16H27N3O3/c1-18(19-9-6-17-7-10-19)8-5-13-11-14(20-2)16(22-4)15(12-13)21-3/h11-12,17H,5-10H2,1-4H3. The fourth-order valence-electron chi connectivity index (χ4n) is 2.71. The molecule has 0 radical (unpaired) electrons. The molecule has 0 aliphatic carbocycles. The molecule has 1 aromatic rings. The van der Waals surface area contributed by atoms with E-state index in [4.69, 9.17) is 14.2 Å². The van der Waals surface area contributed by atoms with E-state index in [0.717, 1.165) is 39.1 Å². The number of methoxy groups -OCH3 is 3. The first kappa shape index (κ1) is 16.9. The van der Waals surface area contributed by atoms with Crippen LogP contribution in [-0.2, 0) is 6.42 Å². The Labute approximate surface area is 132 Å². The van der Waals surface area contributed by atoms with Crippen molar-refractivity contribution in [3.05, 3.63) is 17.7 Å². The molecule has 1 N–H and O–H groups in total. The lowest BCUT2D eigenvalue weighted by atomic mass is 10.1. The monoisotopic (exact) mass is 309 g/mol. The summed E-state index contributed by atoms with van der Waals surface area (Å²) in [6.45, 7) is 5.18. The predicted octanol–water partition coefficient (Wildman–Crippen LogP) is 1.01. The van der Waals surface area contributed by atoms with Crippen LogP contribution in [0.4, 0.5) is 0 Å². The molecule has 0 amide bonds. The van der Waals surface area contributed by atoms with E-state index in [2.05, 4.69) is 22.4 Å². The van der Waals surface area contributed by atoms with Gasteiger partial charge < -0.3 is 19.5 Å². The number of hydrogen-bond donors (Lipinski definition) is 1. The maximum Gasteiger partial charge on any atom is 0.203 e. The number of nitrogens with one attached hydrogen (secondary N) is 1. The minimum atomic E-state index is 0.643. The van der Waals surface area contributed by atoms with Gasteiger partial charge in [0.25, 0.3) is 0 Å². The van der Waals surface area contributed by atoms with Gasteiger partial charge in [-0.05, 0) is 24.1 Å². The third kappa shape index (κ3) is 4.03. The van der Waals surface area contributed by atoms with Gasteiger partial charge in [0.2, 0.25) is 5.75 Å². The number of rotatable bonds is 7. The number of piperazine rings is 1. The third-order valence-electron chi connectivity index (χ3n) is 4.02. The minimum Gasteiger partial charge on any atom is -0.493 e. The van der Waals surface area contributed by atoms with Gasteiger partial charge in [-0.2, -0.15) is 0 Å². The van der Waals surface area contributed by atoms with Crippen LogP contribution < -0.4 is 19.5 Å². The average molecular weight is 309 g/mol. The Morgan fingerprint density at radius 3 is 2.14 bits per heavy atom. The molecule has 1 saturated heterocycles. The van der Waals surface area contributed by atoms with Gasteiger partial charge in [-0.25, -0.2) is 10.0 Å². The van der Waals surface area contributed by atoms with Gasteiger partial charge in [0.1, 0.15) is 0 Å². The second kappa shape index (κ2) is 8.22. The van der Waals surface area contributed by atoms with Crippen molar-refractivity contribution in [1.29, 1.82) is 0 Å². The highest BCUT2D eigenvalue weighted by molar-refractivity contribution is 5.53. The number of benzene rings is 1. The molecule has 1 fully saturated rings. The van der Waals surface area contributed by atoms with Crippen molar-refractivity contribution in [3.63, 3.8) is 0 Å². The topological polar surface area (TPSA) is 46.2 Å². The van der Waals surface area contributed by atoms with Crippen LogP contribution in [0.5, 0.6) is 17.2 Å². The van der Waals surface area contributed by atoms with Gasteiger partial charge in [0.05, 0.1) is 21.3 Å². The normalized spacial score (nSPS) is 15.9. The molecule has 2 rings (SSSR count). The Bertz CT molecular complexity index is 451. The summed E-state index contributed by atoms with van der Waals surface area (Å²) in [5.74, 6) is 2.06. The first-order valence-corrected chi connectivity index (χ1v) is 7.65. The number of nitrogens with zero attached hydrogens (tertiary/aromatic N) is 2. The third-order valence-corrected chi connectivity index (χ3v) is 4.02. The smallest absolute Gasteiger partial charge is 0.203 e. The maximum atomic E-state index is 5.41. The molecule has 0 unspecified atom stereocenters. The minimum absolute atomic E-state index is 0.643. The lowest BCUT2D eigenvalue weighted by Gasteiger charge is -2.35. The Morgan fingerprint density at radius 2 is 1.64 bits per heavy atom. The molecule has 1 aliphatic heterocycles. The summed E-state index contributed by atoms with van der Waals surface area (Å²) in [6.07, 6.45) is 0.928. The van der Waals surface area contributed by atoms with Gasteiger partial charge in [0.15, 0.2) is 11.5 Å². The van der Waals surface area contributed by atoms with Crippen LogP contribution in [-0.4, -0.2) is 71.1 Å². The number of likely N-dealkylation sites (N-methyl/N-ethyl adjacent to an activating group) is 1. The second-order valence-electron chi connectivity index (χ2n) is 5.37. The lowest BCUT2D eigenvalue weighted by Crippen LogP contribution is -2.51. The van der Waals surface area contributed by atoms with Crippen LogP contribution in [0.3, 0.4) is 0 Å². The summed E-state index contributed by atoms with van der Waals surface area (Å²) in [7, 11) is 7.06. The number of hydrogen-bond acceptors (Lipinski definition) is 6. The zero-order chi connectivity index (χ0) is 15.9. The van der Waals surface area contributed by atoms with E-state index in [1.54, 1.807) is 21.3 Å². The lowest BCUT2D eigenvalue weighted by molar-refractivity contribution is -0.00926. The molecule has 6 nitrogen and oxygen atoms in total. The summed E-state index contributed by atoms with van der Waals surface area (Å²) in [6, 6.07) is 4.04. The van der Waals surface area contributed by atoms with Crippen LogP contribution in [0.1, 0.15) is 5.56 Å². The number of hydrazine groups is 1. The highest BCUT2D eigenvalue weighted by atomic mass is 16.5. The van der Waals surface area contributed by atoms with Crippen molar-refractivity contribution in [2.75, 3.05) is 61.1 Å². The van der Waals surface area contributed by atoms with Crippen LogP contribution in [0.2, 0.25) is 0 Å². The van der Waals surface area contributed by atoms with Crippen molar-refractivity contribution in [2.24, 2.45) is 0 Å². The Morgan fingerprint density at radius 1 is 1.05 bits per heavy atom. The summed E-state index contributed by atoms with van der Waals surface area (Å²) in [5, 5.41) is 8.05. The molecule has 124 valence electrons. The van der Waals surface area contributed by atoms with Crippen molar-refractivity contribution >= 4 is 0 Å². The Hall–Kier alpha value is -1.50. The van der Waals surface area contributed by atoms with E-state index in [-0.39, 0.29) is 0 Å². The summed E-state index contributed by atoms with van der Waals surface area (Å²) in [5.41, 5.74) is 1.18. The van der Waals surface area contributed by atoms with Gasteiger partial charge in [-0.1, -0.05) is 0 Å².